The van der Waals surface area contributed by atoms with Gasteiger partial charge in [0.1, 0.15) is 5.75 Å². The third-order valence-corrected chi connectivity index (χ3v) is 2.55. The lowest BCUT2D eigenvalue weighted by Crippen LogP contribution is -1.95. The molecule has 0 unspecified atom stereocenters. The summed E-state index contributed by atoms with van der Waals surface area (Å²) in [6.45, 7) is 2.10. The van der Waals surface area contributed by atoms with Crippen molar-refractivity contribution in [2.75, 3.05) is 12.9 Å². The quantitative estimate of drug-likeness (QED) is 0.828. The van der Waals surface area contributed by atoms with Crippen LogP contribution >= 0.6 is 11.8 Å². The van der Waals surface area contributed by atoms with Crippen LogP contribution in [-0.2, 0) is 0 Å². The second-order valence-electron chi connectivity index (χ2n) is 2.76. The number of ether oxygens (including phenoxy) is 1. The number of hydrogen-bond donors (Lipinski definition) is 1. The molecule has 0 saturated heterocycles. The highest BCUT2D eigenvalue weighted by Crippen LogP contribution is 2.17. The zero-order chi connectivity index (χ0) is 10.4. The molecule has 1 aromatic rings. The van der Waals surface area contributed by atoms with Gasteiger partial charge in [-0.15, -0.1) is 11.8 Å². The first-order chi connectivity index (χ1) is 6.77. The molecule has 14 heavy (non-hydrogen) atoms. The molecule has 0 aliphatic rings. The molecule has 2 N–H and O–H groups in total. The van der Waals surface area contributed by atoms with E-state index in [1.807, 2.05) is 29.7 Å². The molecule has 1 rings (SSSR count). The summed E-state index contributed by atoms with van der Waals surface area (Å²) in [5.41, 5.74) is 7.71. The highest BCUT2D eigenvalue weighted by molar-refractivity contribution is 8.02. The van der Waals surface area contributed by atoms with Gasteiger partial charge in [0.05, 0.1) is 7.11 Å². The van der Waals surface area contributed by atoms with E-state index in [0.29, 0.717) is 0 Å². The number of nitrogens with two attached hydrogens (primary N) is 1. The minimum Gasteiger partial charge on any atom is -0.497 e. The van der Waals surface area contributed by atoms with Crippen molar-refractivity contribution in [3.63, 3.8) is 0 Å². The first-order valence-corrected chi connectivity index (χ1v) is 5.54. The predicted octanol–water partition coefficient (Wildman–Crippen LogP) is 2.71. The third kappa shape index (κ3) is 3.00. The zero-order valence-electron chi connectivity index (χ0n) is 8.49. The highest BCUT2D eigenvalue weighted by Gasteiger charge is 1.96. The van der Waals surface area contributed by atoms with Crippen LogP contribution in [0.15, 0.2) is 29.7 Å². The minimum atomic E-state index is 0.805. The topological polar surface area (TPSA) is 35.2 Å². The van der Waals surface area contributed by atoms with E-state index in [4.69, 9.17) is 10.5 Å². The fourth-order valence-corrected chi connectivity index (χ4v) is 1.51. The second kappa shape index (κ2) is 5.60. The van der Waals surface area contributed by atoms with Gasteiger partial charge in [0.25, 0.3) is 0 Å². The molecule has 0 heterocycles. The van der Waals surface area contributed by atoms with Gasteiger partial charge in [-0.25, -0.2) is 0 Å². The molecule has 0 spiro atoms. The van der Waals surface area contributed by atoms with Gasteiger partial charge in [0.15, 0.2) is 0 Å². The lowest BCUT2D eigenvalue weighted by Gasteiger charge is -2.03. The van der Waals surface area contributed by atoms with Crippen LogP contribution in [0, 0.1) is 0 Å². The van der Waals surface area contributed by atoms with Crippen molar-refractivity contribution < 1.29 is 4.74 Å². The van der Waals surface area contributed by atoms with E-state index in [-0.39, 0.29) is 0 Å². The van der Waals surface area contributed by atoms with E-state index >= 15 is 0 Å². The Kier molecular flexibility index (Phi) is 4.40. The van der Waals surface area contributed by atoms with Crippen LogP contribution in [0.1, 0.15) is 12.5 Å². The molecule has 0 aliphatic heterocycles. The van der Waals surface area contributed by atoms with Crippen molar-refractivity contribution in [3.8, 4) is 5.75 Å². The summed E-state index contributed by atoms with van der Waals surface area (Å²) in [6.07, 6.45) is 0. The second-order valence-corrected chi connectivity index (χ2v) is 3.90. The maximum absolute atomic E-state index is 5.87. The molecule has 1 aromatic carbocycles. The molecule has 0 fully saturated rings. The van der Waals surface area contributed by atoms with Gasteiger partial charge in [0.2, 0.25) is 0 Å². The average molecular weight is 209 g/mol. The van der Waals surface area contributed by atoms with Crippen LogP contribution in [0.4, 0.5) is 0 Å². The van der Waals surface area contributed by atoms with Crippen molar-refractivity contribution in [2.45, 2.75) is 6.92 Å². The molecule has 0 saturated carbocycles. The molecule has 0 aromatic heterocycles. The van der Waals surface area contributed by atoms with Crippen molar-refractivity contribution in [1.29, 1.82) is 0 Å². The number of hydrogen-bond acceptors (Lipinski definition) is 3. The van der Waals surface area contributed by atoms with Gasteiger partial charge >= 0.3 is 0 Å². The summed E-state index contributed by atoms with van der Waals surface area (Å²) in [4.78, 5) is 0. The van der Waals surface area contributed by atoms with Crippen LogP contribution in [0.3, 0.4) is 0 Å². The Morgan fingerprint density at radius 2 is 2.07 bits per heavy atom. The Balaban J connectivity index is 2.76. The predicted molar refractivity (Wildman–Crippen MR) is 63.3 cm³/mol. The molecule has 0 bridgehead atoms. The van der Waals surface area contributed by atoms with Crippen LogP contribution < -0.4 is 10.5 Å². The summed E-state index contributed by atoms with van der Waals surface area (Å²) < 4.78 is 5.06. The summed E-state index contributed by atoms with van der Waals surface area (Å²) >= 11 is 1.70. The molecular formula is C11H15NOS. The smallest absolute Gasteiger partial charge is 0.118 e. The fourth-order valence-electron chi connectivity index (χ4n) is 1.02. The maximum Gasteiger partial charge on any atom is 0.118 e. The molecular weight excluding hydrogens is 194 g/mol. The summed E-state index contributed by atoms with van der Waals surface area (Å²) in [5, 5.41) is 1.97. The molecule has 2 nitrogen and oxygen atoms in total. The van der Waals surface area contributed by atoms with E-state index in [1.165, 1.54) is 0 Å². The Morgan fingerprint density at radius 1 is 1.43 bits per heavy atom. The Morgan fingerprint density at radius 3 is 2.57 bits per heavy atom. The van der Waals surface area contributed by atoms with E-state index < -0.39 is 0 Å². The Labute approximate surface area is 89.1 Å². The zero-order valence-corrected chi connectivity index (χ0v) is 9.30. The lowest BCUT2D eigenvalue weighted by molar-refractivity contribution is 0.415. The standard InChI is InChI=1S/C11H15NOS/c1-3-14-8-11(12)9-4-6-10(13-2)7-5-9/h4-8H,3,12H2,1-2H3/b11-8-. The SMILES string of the molecule is CCS/C=C(\N)c1ccc(OC)cc1. The Hall–Kier alpha value is -1.09. The number of methoxy groups -OCH3 is 1. The average Bonchev–Trinajstić information content (AvgIpc) is 2.26. The number of benzene rings is 1. The normalized spacial score (nSPS) is 11.4. The van der Waals surface area contributed by atoms with Crippen LogP contribution in [-0.4, -0.2) is 12.9 Å². The van der Waals surface area contributed by atoms with E-state index in [0.717, 1.165) is 22.8 Å². The van der Waals surface area contributed by atoms with Gasteiger partial charge in [0, 0.05) is 5.70 Å². The van der Waals surface area contributed by atoms with Crippen molar-refractivity contribution in [2.24, 2.45) is 5.73 Å². The van der Waals surface area contributed by atoms with Crippen molar-refractivity contribution >= 4 is 17.5 Å². The largest absolute Gasteiger partial charge is 0.497 e. The summed E-state index contributed by atoms with van der Waals surface area (Å²) in [6, 6.07) is 7.74. The molecule has 0 atom stereocenters. The van der Waals surface area contributed by atoms with Crippen LogP contribution in [0.2, 0.25) is 0 Å². The minimum absolute atomic E-state index is 0.805. The molecule has 3 heteroatoms. The first kappa shape index (κ1) is 11.0. The third-order valence-electron chi connectivity index (χ3n) is 1.80. The van der Waals surface area contributed by atoms with E-state index in [2.05, 4.69) is 6.92 Å². The molecule has 0 radical (unpaired) electrons. The number of thioether (sulfide) groups is 1. The van der Waals surface area contributed by atoms with Gasteiger partial charge in [-0.05, 0) is 41.0 Å². The molecule has 0 aliphatic carbocycles. The van der Waals surface area contributed by atoms with Crippen molar-refractivity contribution in [3.05, 3.63) is 35.2 Å². The van der Waals surface area contributed by atoms with Gasteiger partial charge in [-0.2, -0.15) is 0 Å². The van der Waals surface area contributed by atoms with E-state index in [9.17, 15) is 0 Å². The Bertz CT molecular complexity index is 306. The lowest BCUT2D eigenvalue weighted by atomic mass is 10.2. The molecule has 76 valence electrons. The van der Waals surface area contributed by atoms with Gasteiger partial charge in [-0.1, -0.05) is 6.92 Å². The van der Waals surface area contributed by atoms with Crippen LogP contribution in [0.25, 0.3) is 5.70 Å². The monoisotopic (exact) mass is 209 g/mol. The fraction of sp³-hybridized carbons (Fsp3) is 0.273. The van der Waals surface area contributed by atoms with Crippen molar-refractivity contribution in [1.82, 2.24) is 0 Å². The van der Waals surface area contributed by atoms with Gasteiger partial charge < -0.3 is 10.5 Å². The van der Waals surface area contributed by atoms with E-state index in [1.54, 1.807) is 18.9 Å². The van der Waals surface area contributed by atoms with Crippen LogP contribution in [0.5, 0.6) is 5.75 Å². The summed E-state index contributed by atoms with van der Waals surface area (Å²) in [7, 11) is 1.65. The first-order valence-electron chi connectivity index (χ1n) is 4.49. The highest BCUT2D eigenvalue weighted by atomic mass is 32.2. The maximum atomic E-state index is 5.87. The van der Waals surface area contributed by atoms with Gasteiger partial charge in [-0.3, -0.25) is 0 Å². The molecule has 0 amide bonds. The number of rotatable bonds is 4. The summed E-state index contributed by atoms with van der Waals surface area (Å²) in [5.74, 6) is 1.89.